The van der Waals surface area contributed by atoms with Crippen molar-refractivity contribution in [3.8, 4) is 0 Å². The van der Waals surface area contributed by atoms with Crippen LogP contribution in [0.25, 0.3) is 0 Å². The van der Waals surface area contributed by atoms with Gasteiger partial charge in [-0.15, -0.1) is 11.3 Å². The maximum Gasteiger partial charge on any atom is 0.271 e. The number of hydrogen-bond acceptors (Lipinski definition) is 5. The molecule has 0 aliphatic rings. The molecule has 0 saturated carbocycles. The van der Waals surface area contributed by atoms with E-state index in [0.717, 1.165) is 16.2 Å². The van der Waals surface area contributed by atoms with Crippen LogP contribution >= 0.6 is 11.3 Å². The second kappa shape index (κ2) is 4.24. The van der Waals surface area contributed by atoms with E-state index in [9.17, 15) is 8.42 Å². The molecule has 0 aliphatic carbocycles. The Hall–Kier alpha value is -1.38. The number of anilines is 1. The first-order valence-electron chi connectivity index (χ1n) is 4.42. The van der Waals surface area contributed by atoms with E-state index in [4.69, 9.17) is 5.73 Å². The molecule has 16 heavy (non-hydrogen) atoms. The zero-order valence-corrected chi connectivity index (χ0v) is 9.81. The van der Waals surface area contributed by atoms with Gasteiger partial charge in [0.25, 0.3) is 10.0 Å². The fourth-order valence-corrected chi connectivity index (χ4v) is 3.39. The first-order valence-corrected chi connectivity index (χ1v) is 6.72. The summed E-state index contributed by atoms with van der Waals surface area (Å²) in [5.41, 5.74) is 5.83. The van der Waals surface area contributed by atoms with Crippen molar-refractivity contribution in [2.45, 2.75) is 10.8 Å². The van der Waals surface area contributed by atoms with E-state index in [2.05, 4.69) is 14.9 Å². The Kier molecular flexibility index (Phi) is 2.95. The summed E-state index contributed by atoms with van der Waals surface area (Å²) >= 11 is 1.16. The largest absolute Gasteiger partial charge is 0.326 e. The van der Waals surface area contributed by atoms with Gasteiger partial charge in [0.1, 0.15) is 4.21 Å². The number of thiophene rings is 1. The van der Waals surface area contributed by atoms with Crippen LogP contribution in [0.1, 0.15) is 4.88 Å². The highest BCUT2D eigenvalue weighted by molar-refractivity contribution is 7.94. The number of aromatic amines is 1. The average molecular weight is 258 g/mol. The Bertz CT molecular complexity index is 559. The smallest absolute Gasteiger partial charge is 0.271 e. The lowest BCUT2D eigenvalue weighted by Crippen LogP contribution is -2.10. The summed E-state index contributed by atoms with van der Waals surface area (Å²) in [5, 5.41) is 6.18. The van der Waals surface area contributed by atoms with E-state index in [1.165, 1.54) is 18.5 Å². The lowest BCUT2D eigenvalue weighted by atomic mass is 10.5. The topological polar surface area (TPSA) is 101 Å². The lowest BCUT2D eigenvalue weighted by Gasteiger charge is -2.01. The molecular weight excluding hydrogens is 248 g/mol. The standard InChI is InChI=1S/C8H10N4O2S2/c9-3-7-1-2-8(15-7)16(13,14)12-6-4-10-11-5-6/h1-2,4-5,12H,3,9H2,(H,10,11). The average Bonchev–Trinajstić information content (AvgIpc) is 2.85. The molecule has 0 atom stereocenters. The molecule has 0 bridgehead atoms. The molecule has 6 nitrogen and oxygen atoms in total. The molecule has 0 spiro atoms. The van der Waals surface area contributed by atoms with E-state index in [1.54, 1.807) is 6.07 Å². The van der Waals surface area contributed by atoms with Crippen LogP contribution in [-0.2, 0) is 16.6 Å². The SMILES string of the molecule is NCc1ccc(S(=O)(=O)Nc2cn[nH]c2)s1. The third-order valence-electron chi connectivity index (χ3n) is 1.85. The molecule has 86 valence electrons. The van der Waals surface area contributed by atoms with Crippen molar-refractivity contribution >= 4 is 27.0 Å². The van der Waals surface area contributed by atoms with E-state index < -0.39 is 10.0 Å². The number of aromatic nitrogens is 2. The monoisotopic (exact) mass is 258 g/mol. The Morgan fingerprint density at radius 2 is 2.31 bits per heavy atom. The second-order valence-corrected chi connectivity index (χ2v) is 6.09. The summed E-state index contributed by atoms with van der Waals surface area (Å²) in [6, 6.07) is 3.24. The van der Waals surface area contributed by atoms with Gasteiger partial charge in [-0.1, -0.05) is 0 Å². The van der Waals surface area contributed by atoms with Gasteiger partial charge in [-0.25, -0.2) is 8.42 Å². The predicted molar refractivity (Wildman–Crippen MR) is 61.6 cm³/mol. The molecule has 2 heterocycles. The van der Waals surface area contributed by atoms with Gasteiger partial charge >= 0.3 is 0 Å². The summed E-state index contributed by atoms with van der Waals surface area (Å²) in [4.78, 5) is 0.826. The Balaban J connectivity index is 2.25. The molecule has 8 heteroatoms. The van der Waals surface area contributed by atoms with Crippen molar-refractivity contribution in [3.05, 3.63) is 29.4 Å². The van der Waals surface area contributed by atoms with Gasteiger partial charge in [0.15, 0.2) is 0 Å². The number of rotatable bonds is 4. The second-order valence-electron chi connectivity index (χ2n) is 3.02. The van der Waals surface area contributed by atoms with Gasteiger partial charge in [0.05, 0.1) is 11.9 Å². The van der Waals surface area contributed by atoms with Crippen LogP contribution in [0.4, 0.5) is 5.69 Å². The fraction of sp³-hybridized carbons (Fsp3) is 0.125. The first kappa shape index (κ1) is 11.1. The van der Waals surface area contributed by atoms with Crippen molar-refractivity contribution in [2.75, 3.05) is 4.72 Å². The van der Waals surface area contributed by atoms with Crippen molar-refractivity contribution < 1.29 is 8.42 Å². The highest BCUT2D eigenvalue weighted by Crippen LogP contribution is 2.23. The minimum absolute atomic E-state index is 0.245. The van der Waals surface area contributed by atoms with Gasteiger partial charge in [-0.05, 0) is 12.1 Å². The Morgan fingerprint density at radius 1 is 1.50 bits per heavy atom. The lowest BCUT2D eigenvalue weighted by molar-refractivity contribution is 0.603. The van der Waals surface area contributed by atoms with Gasteiger partial charge in [-0.3, -0.25) is 9.82 Å². The van der Waals surface area contributed by atoms with Gasteiger partial charge in [0.2, 0.25) is 0 Å². The van der Waals surface area contributed by atoms with Gasteiger partial charge < -0.3 is 5.73 Å². The molecule has 2 aromatic heterocycles. The molecule has 0 amide bonds. The van der Waals surface area contributed by atoms with E-state index >= 15 is 0 Å². The van der Waals surface area contributed by atoms with Crippen LogP contribution in [0, 0.1) is 0 Å². The van der Waals surface area contributed by atoms with Crippen LogP contribution in [0.2, 0.25) is 0 Å². The highest BCUT2D eigenvalue weighted by atomic mass is 32.2. The van der Waals surface area contributed by atoms with Crippen LogP contribution < -0.4 is 10.5 Å². The summed E-state index contributed by atoms with van der Waals surface area (Å²) in [7, 11) is -3.52. The van der Waals surface area contributed by atoms with Gasteiger partial charge in [-0.2, -0.15) is 5.10 Å². The molecule has 0 unspecified atom stereocenters. The number of H-pyrrole nitrogens is 1. The minimum atomic E-state index is -3.52. The van der Waals surface area contributed by atoms with Crippen LogP contribution in [-0.4, -0.2) is 18.6 Å². The molecule has 2 rings (SSSR count). The minimum Gasteiger partial charge on any atom is -0.326 e. The van der Waals surface area contributed by atoms with Crippen molar-refractivity contribution in [3.63, 3.8) is 0 Å². The Labute approximate surface area is 96.5 Å². The summed E-state index contributed by atoms with van der Waals surface area (Å²) in [6.07, 6.45) is 2.87. The van der Waals surface area contributed by atoms with Crippen LogP contribution in [0.15, 0.2) is 28.7 Å². The molecule has 0 saturated heterocycles. The summed E-state index contributed by atoms with van der Waals surface area (Å²) < 4.78 is 26.3. The Morgan fingerprint density at radius 3 is 2.88 bits per heavy atom. The van der Waals surface area contributed by atoms with Crippen LogP contribution in [0.5, 0.6) is 0 Å². The predicted octanol–water partition coefficient (Wildman–Crippen LogP) is 0.731. The van der Waals surface area contributed by atoms with Crippen molar-refractivity contribution in [1.29, 1.82) is 0 Å². The first-order chi connectivity index (χ1) is 7.62. The summed E-state index contributed by atoms with van der Waals surface area (Å²) in [6.45, 7) is 0.339. The van der Waals surface area contributed by atoms with Crippen LogP contribution in [0.3, 0.4) is 0 Å². The van der Waals surface area contributed by atoms with Crippen molar-refractivity contribution in [2.24, 2.45) is 5.73 Å². The molecule has 0 aliphatic heterocycles. The number of sulfonamides is 1. The summed E-state index contributed by atoms with van der Waals surface area (Å²) in [5.74, 6) is 0. The highest BCUT2D eigenvalue weighted by Gasteiger charge is 2.16. The molecule has 2 aromatic rings. The fourth-order valence-electron chi connectivity index (χ4n) is 1.12. The number of hydrogen-bond donors (Lipinski definition) is 3. The molecular formula is C8H10N4O2S2. The quantitative estimate of drug-likeness (QED) is 0.752. The number of nitrogens with two attached hydrogens (primary N) is 1. The van der Waals surface area contributed by atoms with Crippen molar-refractivity contribution in [1.82, 2.24) is 10.2 Å². The molecule has 0 aromatic carbocycles. The number of nitrogens with one attached hydrogen (secondary N) is 2. The maximum atomic E-state index is 11.8. The third kappa shape index (κ3) is 2.23. The third-order valence-corrected chi connectivity index (χ3v) is 4.83. The van der Waals surface area contributed by atoms with Gasteiger partial charge in [0, 0.05) is 17.6 Å². The zero-order valence-electron chi connectivity index (χ0n) is 8.17. The normalized spacial score (nSPS) is 11.6. The zero-order chi connectivity index (χ0) is 11.6. The number of nitrogens with zero attached hydrogens (tertiary/aromatic N) is 1. The van der Waals surface area contributed by atoms with E-state index in [-0.39, 0.29) is 4.21 Å². The van der Waals surface area contributed by atoms with E-state index in [0.29, 0.717) is 12.2 Å². The molecule has 4 N–H and O–H groups in total. The molecule has 0 radical (unpaired) electrons. The van der Waals surface area contributed by atoms with E-state index in [1.807, 2.05) is 0 Å². The molecule has 0 fully saturated rings. The maximum absolute atomic E-state index is 11.8.